The monoisotopic (exact) mass is 242 g/mol. The molecule has 0 aromatic rings. The van der Waals surface area contributed by atoms with E-state index in [-0.39, 0.29) is 17.7 Å². The molecule has 4 N–H and O–H groups in total. The van der Waals surface area contributed by atoms with E-state index in [0.29, 0.717) is 13.0 Å². The minimum absolute atomic E-state index is 0.0348. The van der Waals surface area contributed by atoms with Gasteiger partial charge < -0.3 is 16.2 Å². The zero-order valence-corrected chi connectivity index (χ0v) is 10.5. The van der Waals surface area contributed by atoms with Crippen LogP contribution < -0.4 is 11.1 Å². The van der Waals surface area contributed by atoms with Crippen LogP contribution in [0.3, 0.4) is 0 Å². The van der Waals surface area contributed by atoms with Gasteiger partial charge in [-0.05, 0) is 32.6 Å². The van der Waals surface area contributed by atoms with Gasteiger partial charge in [0.05, 0.1) is 11.5 Å². The number of amides is 1. The van der Waals surface area contributed by atoms with Crippen molar-refractivity contribution in [3.63, 3.8) is 0 Å². The molecule has 0 spiro atoms. The summed E-state index contributed by atoms with van der Waals surface area (Å²) >= 11 is 0. The van der Waals surface area contributed by atoms with Crippen LogP contribution in [-0.2, 0) is 9.59 Å². The highest BCUT2D eigenvalue weighted by Crippen LogP contribution is 2.29. The first-order valence-electron chi connectivity index (χ1n) is 6.12. The first-order chi connectivity index (χ1) is 7.82. The molecule has 0 radical (unpaired) electrons. The van der Waals surface area contributed by atoms with Crippen molar-refractivity contribution in [1.29, 1.82) is 0 Å². The fourth-order valence-electron chi connectivity index (χ4n) is 2.23. The summed E-state index contributed by atoms with van der Waals surface area (Å²) in [6, 6.07) is 0. The van der Waals surface area contributed by atoms with Gasteiger partial charge in [-0.2, -0.15) is 0 Å². The highest BCUT2D eigenvalue weighted by atomic mass is 16.4. The second-order valence-corrected chi connectivity index (χ2v) is 5.42. The fourth-order valence-corrected chi connectivity index (χ4v) is 2.23. The number of carboxylic acids is 1. The standard InChI is InChI=1S/C12H22N2O3/c1-12(2,13)11(17)14-7-8-5-3-4-6-9(8)10(15)16/h8-9H,3-7,13H2,1-2H3,(H,14,17)(H,15,16). The van der Waals surface area contributed by atoms with Crippen molar-refractivity contribution in [1.82, 2.24) is 5.32 Å². The SMILES string of the molecule is CC(C)(N)C(=O)NCC1CCCCC1C(=O)O. The molecule has 0 aromatic heterocycles. The Hall–Kier alpha value is -1.10. The van der Waals surface area contributed by atoms with Gasteiger partial charge in [0.15, 0.2) is 0 Å². The molecular weight excluding hydrogens is 220 g/mol. The van der Waals surface area contributed by atoms with Gasteiger partial charge >= 0.3 is 5.97 Å². The van der Waals surface area contributed by atoms with Gasteiger partial charge in [0, 0.05) is 6.54 Å². The number of hydrogen-bond donors (Lipinski definition) is 3. The van der Waals surface area contributed by atoms with Crippen LogP contribution >= 0.6 is 0 Å². The number of carboxylic acid groups (broad SMARTS) is 1. The predicted molar refractivity (Wildman–Crippen MR) is 64.4 cm³/mol. The normalized spacial score (nSPS) is 25.4. The molecule has 0 aromatic carbocycles. The molecule has 1 aliphatic rings. The third kappa shape index (κ3) is 4.00. The number of rotatable bonds is 4. The number of nitrogens with two attached hydrogens (primary N) is 1. The van der Waals surface area contributed by atoms with Crippen molar-refractivity contribution >= 4 is 11.9 Å². The van der Waals surface area contributed by atoms with Crippen LogP contribution in [0.15, 0.2) is 0 Å². The van der Waals surface area contributed by atoms with Crippen molar-refractivity contribution in [2.24, 2.45) is 17.6 Å². The van der Waals surface area contributed by atoms with Crippen molar-refractivity contribution in [3.05, 3.63) is 0 Å². The van der Waals surface area contributed by atoms with E-state index in [1.807, 2.05) is 0 Å². The zero-order valence-electron chi connectivity index (χ0n) is 10.5. The topological polar surface area (TPSA) is 92.4 Å². The Bertz CT molecular complexity index is 297. The maximum Gasteiger partial charge on any atom is 0.306 e. The molecule has 0 bridgehead atoms. The van der Waals surface area contributed by atoms with E-state index in [9.17, 15) is 9.59 Å². The Morgan fingerprint density at radius 2 is 1.94 bits per heavy atom. The highest BCUT2D eigenvalue weighted by molar-refractivity contribution is 5.85. The summed E-state index contributed by atoms with van der Waals surface area (Å²) in [6.07, 6.45) is 3.57. The Morgan fingerprint density at radius 3 is 2.47 bits per heavy atom. The van der Waals surface area contributed by atoms with Crippen LogP contribution in [0, 0.1) is 11.8 Å². The molecule has 1 rings (SSSR count). The third-order valence-corrected chi connectivity index (χ3v) is 3.34. The van der Waals surface area contributed by atoms with E-state index in [1.165, 1.54) is 0 Å². The van der Waals surface area contributed by atoms with E-state index in [1.54, 1.807) is 13.8 Å². The number of hydrogen-bond acceptors (Lipinski definition) is 3. The summed E-state index contributed by atoms with van der Waals surface area (Å²) in [6.45, 7) is 3.69. The molecule has 1 amide bonds. The molecule has 2 unspecified atom stereocenters. The van der Waals surface area contributed by atoms with Crippen LogP contribution in [0.5, 0.6) is 0 Å². The zero-order chi connectivity index (χ0) is 13.1. The van der Waals surface area contributed by atoms with Crippen LogP contribution in [0.2, 0.25) is 0 Å². The predicted octanol–water partition coefficient (Wildman–Crippen LogP) is 0.731. The molecule has 5 heteroatoms. The van der Waals surface area contributed by atoms with Crippen LogP contribution in [0.25, 0.3) is 0 Å². The van der Waals surface area contributed by atoms with Gasteiger partial charge in [0.2, 0.25) is 5.91 Å². The Labute approximate surface area is 102 Å². The lowest BCUT2D eigenvalue weighted by molar-refractivity contribution is -0.145. The lowest BCUT2D eigenvalue weighted by atomic mass is 9.79. The summed E-state index contributed by atoms with van der Waals surface area (Å²) in [4.78, 5) is 22.7. The molecule has 0 saturated heterocycles. The van der Waals surface area contributed by atoms with E-state index in [2.05, 4.69) is 5.32 Å². The molecule has 0 aliphatic heterocycles. The largest absolute Gasteiger partial charge is 0.481 e. The van der Waals surface area contributed by atoms with Gasteiger partial charge in [0.1, 0.15) is 0 Å². The third-order valence-electron chi connectivity index (χ3n) is 3.34. The molecule has 2 atom stereocenters. The summed E-state index contributed by atoms with van der Waals surface area (Å²) in [5, 5.41) is 11.8. The van der Waals surface area contributed by atoms with E-state index < -0.39 is 11.5 Å². The van der Waals surface area contributed by atoms with Crippen LogP contribution in [0.1, 0.15) is 39.5 Å². The molecule has 0 heterocycles. The Balaban J connectivity index is 2.49. The number of carbonyl (C=O) groups is 2. The lowest BCUT2D eigenvalue weighted by Crippen LogP contribution is -2.51. The summed E-state index contributed by atoms with van der Waals surface area (Å²) in [7, 11) is 0. The summed E-state index contributed by atoms with van der Waals surface area (Å²) in [5.74, 6) is -1.28. The van der Waals surface area contributed by atoms with E-state index >= 15 is 0 Å². The van der Waals surface area contributed by atoms with Crippen molar-refractivity contribution in [2.45, 2.75) is 45.1 Å². The van der Waals surface area contributed by atoms with Gasteiger partial charge in [-0.15, -0.1) is 0 Å². The minimum Gasteiger partial charge on any atom is -0.481 e. The minimum atomic E-state index is -0.909. The molecule has 5 nitrogen and oxygen atoms in total. The van der Waals surface area contributed by atoms with E-state index in [0.717, 1.165) is 19.3 Å². The lowest BCUT2D eigenvalue weighted by Gasteiger charge is -2.29. The Morgan fingerprint density at radius 1 is 1.35 bits per heavy atom. The molecule has 1 aliphatic carbocycles. The summed E-state index contributed by atoms with van der Waals surface area (Å²) < 4.78 is 0. The molecule has 17 heavy (non-hydrogen) atoms. The average molecular weight is 242 g/mol. The van der Waals surface area contributed by atoms with Crippen molar-refractivity contribution in [2.75, 3.05) is 6.54 Å². The second-order valence-electron chi connectivity index (χ2n) is 5.42. The maximum absolute atomic E-state index is 11.6. The molecule has 1 saturated carbocycles. The first-order valence-corrected chi connectivity index (χ1v) is 6.12. The van der Waals surface area contributed by atoms with Gasteiger partial charge in [-0.1, -0.05) is 12.8 Å². The van der Waals surface area contributed by atoms with Crippen LogP contribution in [-0.4, -0.2) is 29.1 Å². The number of nitrogens with one attached hydrogen (secondary N) is 1. The molecular formula is C12H22N2O3. The fraction of sp³-hybridized carbons (Fsp3) is 0.833. The Kier molecular flexibility index (Phi) is 4.51. The maximum atomic E-state index is 11.6. The van der Waals surface area contributed by atoms with Gasteiger partial charge in [-0.25, -0.2) is 0 Å². The highest BCUT2D eigenvalue weighted by Gasteiger charge is 2.31. The smallest absolute Gasteiger partial charge is 0.306 e. The van der Waals surface area contributed by atoms with E-state index in [4.69, 9.17) is 10.8 Å². The molecule has 98 valence electrons. The average Bonchev–Trinajstić information content (AvgIpc) is 2.24. The quantitative estimate of drug-likeness (QED) is 0.677. The van der Waals surface area contributed by atoms with Gasteiger partial charge in [-0.3, -0.25) is 9.59 Å². The van der Waals surface area contributed by atoms with Crippen LogP contribution in [0.4, 0.5) is 0 Å². The van der Waals surface area contributed by atoms with Gasteiger partial charge in [0.25, 0.3) is 0 Å². The number of aliphatic carboxylic acids is 1. The van der Waals surface area contributed by atoms with Crippen molar-refractivity contribution in [3.8, 4) is 0 Å². The molecule has 1 fully saturated rings. The summed E-state index contributed by atoms with van der Waals surface area (Å²) in [5.41, 5.74) is 4.75. The second kappa shape index (κ2) is 5.49. The van der Waals surface area contributed by atoms with Crippen molar-refractivity contribution < 1.29 is 14.7 Å². The number of carbonyl (C=O) groups excluding carboxylic acids is 1. The first kappa shape index (κ1) is 14.0.